The molecule has 8 nitrogen and oxygen atoms in total. The fourth-order valence-electron chi connectivity index (χ4n) is 3.22. The molecule has 0 aliphatic carbocycles. The molecular formula is C21H19FN6O2. The van der Waals surface area contributed by atoms with Crippen molar-refractivity contribution in [1.29, 1.82) is 0 Å². The van der Waals surface area contributed by atoms with Crippen LogP contribution >= 0.6 is 0 Å². The number of hydrogen-bond donors (Lipinski definition) is 2. The molecule has 4 rings (SSSR count). The second-order valence-electron chi connectivity index (χ2n) is 6.64. The number of carbonyl (C=O) groups is 2. The summed E-state index contributed by atoms with van der Waals surface area (Å²) in [7, 11) is 0. The molecule has 0 spiro atoms. The van der Waals surface area contributed by atoms with E-state index in [-0.39, 0.29) is 11.5 Å². The zero-order valence-corrected chi connectivity index (χ0v) is 16.4. The van der Waals surface area contributed by atoms with Crippen molar-refractivity contribution < 1.29 is 14.0 Å². The number of hydrazine groups is 1. The Kier molecular flexibility index (Phi) is 5.01. The molecule has 0 atom stereocenters. The van der Waals surface area contributed by atoms with E-state index in [1.165, 1.54) is 22.9 Å². The molecule has 0 aliphatic rings. The number of nitrogens with zero attached hydrogens (tertiary/aromatic N) is 4. The average Bonchev–Trinajstić information content (AvgIpc) is 3.35. The first kappa shape index (κ1) is 19.3. The highest BCUT2D eigenvalue weighted by molar-refractivity contribution is 6.00. The molecule has 152 valence electrons. The van der Waals surface area contributed by atoms with Gasteiger partial charge in [-0.25, -0.2) is 14.1 Å². The molecule has 2 aromatic heterocycles. The summed E-state index contributed by atoms with van der Waals surface area (Å²) in [5.74, 6) is -0.528. The lowest BCUT2D eigenvalue weighted by Crippen LogP contribution is -2.41. The molecule has 9 heteroatoms. The number of halogens is 1. The van der Waals surface area contributed by atoms with Gasteiger partial charge in [0.15, 0.2) is 5.69 Å². The van der Waals surface area contributed by atoms with E-state index in [0.717, 1.165) is 17.9 Å². The number of amides is 2. The van der Waals surface area contributed by atoms with Gasteiger partial charge in [-0.3, -0.25) is 20.4 Å². The first-order chi connectivity index (χ1) is 14.5. The number of aromatic nitrogens is 4. The number of nitrogens with one attached hydrogen (secondary N) is 2. The molecular weight excluding hydrogens is 387 g/mol. The maximum atomic E-state index is 13.0. The summed E-state index contributed by atoms with van der Waals surface area (Å²) in [6, 6.07) is 12.4. The van der Waals surface area contributed by atoms with Gasteiger partial charge < -0.3 is 4.57 Å². The van der Waals surface area contributed by atoms with Crippen LogP contribution in [0.15, 0.2) is 54.7 Å². The summed E-state index contributed by atoms with van der Waals surface area (Å²) in [5.41, 5.74) is 7.47. The SMILES string of the molecule is CCn1c(C)nc2cc(C(=O)NNC(=O)c3ccn(-c4ccc(F)cc4)n3)ccc21. The zero-order chi connectivity index (χ0) is 21.3. The van der Waals surface area contributed by atoms with Crippen LogP contribution in [0.4, 0.5) is 4.39 Å². The van der Waals surface area contributed by atoms with Gasteiger partial charge in [0.1, 0.15) is 11.6 Å². The molecule has 0 saturated heterocycles. The summed E-state index contributed by atoms with van der Waals surface area (Å²) in [4.78, 5) is 29.2. The number of aryl methyl sites for hydroxylation is 2. The number of hydrogen-bond acceptors (Lipinski definition) is 4. The molecule has 0 saturated carbocycles. The highest BCUT2D eigenvalue weighted by Crippen LogP contribution is 2.17. The van der Waals surface area contributed by atoms with Crippen LogP contribution in [0.5, 0.6) is 0 Å². The van der Waals surface area contributed by atoms with Gasteiger partial charge in [-0.2, -0.15) is 5.10 Å². The Bertz CT molecular complexity index is 1240. The predicted molar refractivity (Wildman–Crippen MR) is 109 cm³/mol. The highest BCUT2D eigenvalue weighted by Gasteiger charge is 2.14. The number of rotatable bonds is 4. The van der Waals surface area contributed by atoms with Crippen molar-refractivity contribution in [3.63, 3.8) is 0 Å². The summed E-state index contributed by atoms with van der Waals surface area (Å²) in [6.07, 6.45) is 1.57. The summed E-state index contributed by atoms with van der Waals surface area (Å²) in [6.45, 7) is 4.73. The van der Waals surface area contributed by atoms with Crippen LogP contribution in [0.2, 0.25) is 0 Å². The molecule has 0 unspecified atom stereocenters. The molecule has 2 aromatic carbocycles. The van der Waals surface area contributed by atoms with Crippen LogP contribution in [0.3, 0.4) is 0 Å². The van der Waals surface area contributed by atoms with Gasteiger partial charge in [-0.1, -0.05) is 0 Å². The topological polar surface area (TPSA) is 93.8 Å². The standard InChI is InChI=1S/C21H19FN6O2/c1-3-27-13(2)23-18-12-14(4-9-19(18)27)20(29)24-25-21(30)17-10-11-28(26-17)16-7-5-15(22)6-8-16/h4-12H,3H2,1-2H3,(H,24,29)(H,25,30). The van der Waals surface area contributed by atoms with Gasteiger partial charge in [0, 0.05) is 18.3 Å². The average molecular weight is 406 g/mol. The lowest BCUT2D eigenvalue weighted by atomic mass is 10.2. The second kappa shape index (κ2) is 7.78. The number of imidazole rings is 1. The number of fused-ring (bicyclic) bond motifs is 1. The molecule has 0 aliphatic heterocycles. The van der Waals surface area contributed by atoms with E-state index in [2.05, 4.69) is 25.5 Å². The van der Waals surface area contributed by atoms with Crippen molar-refractivity contribution >= 4 is 22.8 Å². The highest BCUT2D eigenvalue weighted by atomic mass is 19.1. The van der Waals surface area contributed by atoms with Gasteiger partial charge in [0.25, 0.3) is 11.8 Å². The molecule has 0 bridgehead atoms. The van der Waals surface area contributed by atoms with Crippen molar-refractivity contribution in [1.82, 2.24) is 30.2 Å². The Hall–Kier alpha value is -4.01. The first-order valence-electron chi connectivity index (χ1n) is 9.35. The van der Waals surface area contributed by atoms with Crippen LogP contribution in [0.1, 0.15) is 33.6 Å². The summed E-state index contributed by atoms with van der Waals surface area (Å²) < 4.78 is 16.5. The van der Waals surface area contributed by atoms with Gasteiger partial charge in [-0.05, 0) is 62.4 Å². The zero-order valence-electron chi connectivity index (χ0n) is 16.4. The van der Waals surface area contributed by atoms with E-state index in [9.17, 15) is 14.0 Å². The lowest BCUT2D eigenvalue weighted by molar-refractivity contribution is 0.0844. The number of benzene rings is 2. The number of carbonyl (C=O) groups excluding carboxylic acids is 2. The van der Waals surface area contributed by atoms with Gasteiger partial charge in [0.05, 0.1) is 16.7 Å². The summed E-state index contributed by atoms with van der Waals surface area (Å²) >= 11 is 0. The third-order valence-electron chi connectivity index (χ3n) is 4.72. The van der Waals surface area contributed by atoms with E-state index < -0.39 is 11.8 Å². The largest absolute Gasteiger partial charge is 0.329 e. The maximum absolute atomic E-state index is 13.0. The van der Waals surface area contributed by atoms with Crippen LogP contribution < -0.4 is 10.9 Å². The minimum absolute atomic E-state index is 0.104. The van der Waals surface area contributed by atoms with Gasteiger partial charge in [-0.15, -0.1) is 0 Å². The fraction of sp³-hybridized carbons (Fsp3) is 0.143. The minimum atomic E-state index is -0.573. The Morgan fingerprint density at radius 1 is 1.03 bits per heavy atom. The quantitative estimate of drug-likeness (QED) is 0.510. The van der Waals surface area contributed by atoms with Crippen molar-refractivity contribution in [2.45, 2.75) is 20.4 Å². The minimum Gasteiger partial charge on any atom is -0.329 e. The Morgan fingerprint density at radius 2 is 1.77 bits per heavy atom. The molecule has 0 fully saturated rings. The van der Waals surface area contributed by atoms with Gasteiger partial charge >= 0.3 is 0 Å². The van der Waals surface area contributed by atoms with E-state index >= 15 is 0 Å². The Labute approximate surface area is 171 Å². The van der Waals surface area contributed by atoms with Crippen molar-refractivity contribution in [2.75, 3.05) is 0 Å². The molecule has 4 aromatic rings. The van der Waals surface area contributed by atoms with E-state index in [0.29, 0.717) is 16.8 Å². The Morgan fingerprint density at radius 3 is 2.50 bits per heavy atom. The van der Waals surface area contributed by atoms with Crippen LogP contribution in [-0.4, -0.2) is 31.1 Å². The van der Waals surface area contributed by atoms with Crippen molar-refractivity contribution in [3.05, 3.63) is 77.6 Å². The monoisotopic (exact) mass is 406 g/mol. The molecule has 2 amide bonds. The molecule has 30 heavy (non-hydrogen) atoms. The lowest BCUT2D eigenvalue weighted by Gasteiger charge is -2.07. The van der Waals surface area contributed by atoms with Crippen LogP contribution in [-0.2, 0) is 6.54 Å². The second-order valence-corrected chi connectivity index (χ2v) is 6.64. The van der Waals surface area contributed by atoms with E-state index in [1.807, 2.05) is 19.9 Å². The maximum Gasteiger partial charge on any atom is 0.290 e. The third-order valence-corrected chi connectivity index (χ3v) is 4.72. The summed E-state index contributed by atoms with van der Waals surface area (Å²) in [5, 5.41) is 4.14. The van der Waals surface area contributed by atoms with E-state index in [1.54, 1.807) is 30.5 Å². The Balaban J connectivity index is 1.43. The molecule has 0 radical (unpaired) electrons. The van der Waals surface area contributed by atoms with E-state index in [4.69, 9.17) is 0 Å². The third kappa shape index (κ3) is 3.64. The molecule has 2 N–H and O–H groups in total. The van der Waals surface area contributed by atoms with Crippen LogP contribution in [0, 0.1) is 12.7 Å². The van der Waals surface area contributed by atoms with Gasteiger partial charge in [0.2, 0.25) is 0 Å². The first-order valence-corrected chi connectivity index (χ1v) is 9.35. The van der Waals surface area contributed by atoms with Crippen molar-refractivity contribution in [2.24, 2.45) is 0 Å². The predicted octanol–water partition coefficient (Wildman–Crippen LogP) is 2.76. The van der Waals surface area contributed by atoms with Crippen molar-refractivity contribution in [3.8, 4) is 5.69 Å². The fourth-order valence-corrected chi connectivity index (χ4v) is 3.22. The molecule has 2 heterocycles. The van der Waals surface area contributed by atoms with Crippen LogP contribution in [0.25, 0.3) is 16.7 Å². The smallest absolute Gasteiger partial charge is 0.290 e. The normalized spacial score (nSPS) is 10.9.